The topological polar surface area (TPSA) is 29.5 Å². The van der Waals surface area contributed by atoms with Crippen molar-refractivity contribution < 1.29 is 88.3 Å². The van der Waals surface area contributed by atoms with Crippen LogP contribution in [0.25, 0.3) is 0 Å². The van der Waals surface area contributed by atoms with Gasteiger partial charge in [0.05, 0.1) is 6.61 Å². The molecular weight excluding hydrogens is 563 g/mol. The van der Waals surface area contributed by atoms with Crippen molar-refractivity contribution in [2.24, 2.45) is 0 Å². The van der Waals surface area contributed by atoms with Gasteiger partial charge in [-0.1, -0.05) is 0 Å². The van der Waals surface area contributed by atoms with Crippen molar-refractivity contribution in [3.8, 4) is 0 Å². The van der Waals surface area contributed by atoms with E-state index in [-0.39, 0.29) is 0 Å². The van der Waals surface area contributed by atoms with Crippen LogP contribution in [0.3, 0.4) is 0 Å². The maximum atomic E-state index is 14.2. The fourth-order valence-electron chi connectivity index (χ4n) is 2.08. The first kappa shape index (κ1) is 32.9. The van der Waals surface area contributed by atoms with E-state index in [0.29, 0.717) is 7.11 Å². The lowest BCUT2D eigenvalue weighted by Gasteiger charge is -2.45. The van der Waals surface area contributed by atoms with Crippen LogP contribution in [0.15, 0.2) is 0 Å². The van der Waals surface area contributed by atoms with Gasteiger partial charge < -0.3 is 4.74 Å². The fraction of sp³-hybridized carbons (Fsp3) is 1.00. The van der Waals surface area contributed by atoms with Crippen molar-refractivity contribution in [3.63, 3.8) is 0 Å². The molecule has 0 N–H and O–H groups in total. The van der Waals surface area contributed by atoms with Gasteiger partial charge in [0.1, 0.15) is 0 Å². The molecule has 0 rings (SSSR count). The van der Waals surface area contributed by atoms with E-state index in [1.54, 1.807) is 0 Å². The lowest BCUT2D eigenvalue weighted by atomic mass is 10.1. The smallest absolute Gasteiger partial charge is 0.383 e. The SMILES string of the molecule is COCCN(C)P(=O)(C(F)(F)C(F)(F)C(F)(F)C(F)(F)F)C(F)(F)C(F)(F)C(F)(F)C(F)(F)F. The molecule has 0 spiro atoms. The number of hydrogen-bond donors (Lipinski definition) is 0. The molecule has 3 nitrogen and oxygen atoms in total. The minimum Gasteiger partial charge on any atom is -0.383 e. The van der Waals surface area contributed by atoms with Gasteiger partial charge in [-0.3, -0.25) is 4.57 Å². The molecule has 0 saturated carbocycles. The molecule has 206 valence electrons. The van der Waals surface area contributed by atoms with E-state index in [1.165, 1.54) is 0 Å². The van der Waals surface area contributed by atoms with Gasteiger partial charge in [0.15, 0.2) is 0 Å². The molecule has 0 aliphatic carbocycles. The zero-order valence-electron chi connectivity index (χ0n) is 15.9. The van der Waals surface area contributed by atoms with Crippen LogP contribution in [-0.4, -0.2) is 79.3 Å². The highest BCUT2D eigenvalue weighted by Gasteiger charge is 2.95. The Balaban J connectivity index is 7.52. The Labute approximate surface area is 176 Å². The average Bonchev–Trinajstić information content (AvgIpc) is 2.62. The summed E-state index contributed by atoms with van der Waals surface area (Å²) < 4.78 is 252. The van der Waals surface area contributed by atoms with Crippen molar-refractivity contribution in [3.05, 3.63) is 0 Å². The molecule has 0 saturated heterocycles. The number of methoxy groups -OCH3 is 1. The van der Waals surface area contributed by atoms with Gasteiger partial charge in [-0.25, -0.2) is 4.67 Å². The Morgan fingerprint density at radius 3 is 1.06 bits per heavy atom. The van der Waals surface area contributed by atoms with E-state index >= 15 is 0 Å². The molecule has 0 aliphatic heterocycles. The van der Waals surface area contributed by atoms with Crippen LogP contribution >= 0.6 is 7.29 Å². The van der Waals surface area contributed by atoms with Crippen molar-refractivity contribution >= 4 is 7.29 Å². The zero-order valence-corrected chi connectivity index (χ0v) is 16.8. The van der Waals surface area contributed by atoms with Gasteiger partial charge in [0.25, 0.3) is 7.29 Å². The van der Waals surface area contributed by atoms with Gasteiger partial charge in [-0.05, 0) is 7.05 Å². The van der Waals surface area contributed by atoms with Gasteiger partial charge in [-0.15, -0.1) is 0 Å². The molecule has 0 aromatic rings. The number of halogens is 18. The molecule has 22 heteroatoms. The quantitative estimate of drug-likeness (QED) is 0.216. The Hall–Kier alpha value is -1.11. The molecule has 0 bridgehead atoms. The second-order valence-corrected chi connectivity index (χ2v) is 9.28. The van der Waals surface area contributed by atoms with Gasteiger partial charge in [0, 0.05) is 13.7 Å². The summed E-state index contributed by atoms with van der Waals surface area (Å²) in [5.74, 6) is -33.0. The monoisotopic (exact) mass is 573 g/mol. The Morgan fingerprint density at radius 2 is 0.853 bits per heavy atom. The third-order valence-electron chi connectivity index (χ3n) is 4.12. The first-order valence-corrected chi connectivity index (χ1v) is 9.35. The first-order valence-electron chi connectivity index (χ1n) is 7.69. The number of alkyl halides is 18. The fourth-order valence-corrected chi connectivity index (χ4v) is 4.70. The summed E-state index contributed by atoms with van der Waals surface area (Å²) in [7, 11) is -9.28. The van der Waals surface area contributed by atoms with Crippen LogP contribution in [0, 0.1) is 0 Å². The number of hydrogen-bond acceptors (Lipinski definition) is 2. The highest BCUT2D eigenvalue weighted by molar-refractivity contribution is 7.64. The Bertz CT molecular complexity index is 718. The number of likely N-dealkylation sites (N-methyl/N-ethyl adjacent to an activating group) is 1. The molecule has 0 fully saturated rings. The van der Waals surface area contributed by atoms with Crippen LogP contribution in [0.2, 0.25) is 0 Å². The lowest BCUT2D eigenvalue weighted by Crippen LogP contribution is -2.67. The van der Waals surface area contributed by atoms with Gasteiger partial charge >= 0.3 is 47.4 Å². The largest absolute Gasteiger partial charge is 0.460 e. The van der Waals surface area contributed by atoms with Crippen LogP contribution in [0.1, 0.15) is 0 Å². The van der Waals surface area contributed by atoms with Crippen molar-refractivity contribution in [1.29, 1.82) is 0 Å². The third kappa shape index (κ3) is 4.22. The van der Waals surface area contributed by atoms with Crippen LogP contribution < -0.4 is 0 Å². The molecule has 0 amide bonds. The zero-order chi connectivity index (χ0) is 28.2. The summed E-state index contributed by atoms with van der Waals surface area (Å²) in [4.78, 5) is 0. The van der Waals surface area contributed by atoms with Crippen molar-refractivity contribution in [1.82, 2.24) is 4.67 Å². The van der Waals surface area contributed by atoms with Crippen molar-refractivity contribution in [2.45, 2.75) is 47.4 Å². The second-order valence-electron chi connectivity index (χ2n) is 6.33. The first-order chi connectivity index (χ1) is 14.5. The lowest BCUT2D eigenvalue weighted by molar-refractivity contribution is -0.391. The highest BCUT2D eigenvalue weighted by Crippen LogP contribution is 2.81. The molecule has 34 heavy (non-hydrogen) atoms. The summed E-state index contributed by atoms with van der Waals surface area (Å²) in [5, 5.41) is 0. The number of nitrogens with zero attached hydrogens (tertiary/aromatic N) is 1. The maximum Gasteiger partial charge on any atom is 0.460 e. The van der Waals surface area contributed by atoms with E-state index < -0.39 is 79.5 Å². The number of rotatable bonds is 10. The second kappa shape index (κ2) is 8.77. The summed E-state index contributed by atoms with van der Waals surface area (Å²) in [6.07, 6.45) is -15.5. The van der Waals surface area contributed by atoms with E-state index in [9.17, 15) is 83.6 Å². The Morgan fingerprint density at radius 1 is 0.588 bits per heavy atom. The highest BCUT2D eigenvalue weighted by atomic mass is 31.2. The molecule has 0 radical (unpaired) electrons. The summed E-state index contributed by atoms with van der Waals surface area (Å²) in [5.41, 5.74) is -16.4. The van der Waals surface area contributed by atoms with Gasteiger partial charge in [-0.2, -0.15) is 79.0 Å². The summed E-state index contributed by atoms with van der Waals surface area (Å²) >= 11 is 0. The van der Waals surface area contributed by atoms with Crippen molar-refractivity contribution in [2.75, 3.05) is 27.3 Å². The number of ether oxygens (including phenoxy) is 1. The van der Waals surface area contributed by atoms with E-state index in [2.05, 4.69) is 4.74 Å². The van der Waals surface area contributed by atoms with E-state index in [0.717, 1.165) is 0 Å². The minimum absolute atomic E-state index is 0.522. The predicted octanol–water partition coefficient (Wildman–Crippen LogP) is 6.69. The van der Waals surface area contributed by atoms with Crippen LogP contribution in [0.5, 0.6) is 0 Å². The molecule has 0 aromatic carbocycles. The van der Waals surface area contributed by atoms with Crippen LogP contribution in [-0.2, 0) is 9.30 Å². The predicted molar refractivity (Wildman–Crippen MR) is 73.9 cm³/mol. The molecule has 0 atom stereocenters. The summed E-state index contributed by atoms with van der Waals surface area (Å²) in [6.45, 7) is -3.44. The Kier molecular flexibility index (Phi) is 8.49. The minimum atomic E-state index is -9.19. The molecule has 0 aliphatic rings. The maximum absolute atomic E-state index is 14.2. The molecular formula is C12H10F18NO2P. The van der Waals surface area contributed by atoms with Crippen LogP contribution in [0.4, 0.5) is 79.0 Å². The van der Waals surface area contributed by atoms with E-state index in [4.69, 9.17) is 0 Å². The molecule has 0 heterocycles. The third-order valence-corrected chi connectivity index (χ3v) is 7.36. The van der Waals surface area contributed by atoms with E-state index in [1.807, 2.05) is 0 Å². The average molecular weight is 573 g/mol. The van der Waals surface area contributed by atoms with Gasteiger partial charge in [0.2, 0.25) is 0 Å². The molecule has 0 aromatic heterocycles. The molecule has 0 unspecified atom stereocenters. The summed E-state index contributed by atoms with van der Waals surface area (Å²) in [6, 6.07) is 0. The standard InChI is InChI=1S/C12H10F18NO2P/c1-31(3-4-33-2)34(32,11(27,28)7(17,18)5(13,14)9(21,22)23)12(29,30)8(19,20)6(15,16)10(24,25)26/h3-4H2,1-2H3. The normalized spacial score (nSPS) is 16.4.